The first-order valence-corrected chi connectivity index (χ1v) is 8.71. The van der Waals surface area contributed by atoms with E-state index in [2.05, 4.69) is 67.7 Å². The van der Waals surface area contributed by atoms with Gasteiger partial charge in [0.2, 0.25) is 0 Å². The van der Waals surface area contributed by atoms with Crippen molar-refractivity contribution in [3.05, 3.63) is 65.2 Å². The predicted octanol–water partition coefficient (Wildman–Crippen LogP) is 5.01. The molecule has 0 saturated heterocycles. The first kappa shape index (κ1) is 16.1. The van der Waals surface area contributed by atoms with Gasteiger partial charge in [-0.25, -0.2) is 0 Å². The zero-order valence-electron chi connectivity index (χ0n) is 14.1. The van der Waals surface area contributed by atoms with Crippen LogP contribution in [0.15, 0.2) is 48.5 Å². The number of benzene rings is 2. The Kier molecular flexibility index (Phi) is 5.02. The summed E-state index contributed by atoms with van der Waals surface area (Å²) >= 11 is 0. The van der Waals surface area contributed by atoms with E-state index in [9.17, 15) is 5.11 Å². The van der Waals surface area contributed by atoms with Gasteiger partial charge in [0.1, 0.15) is 0 Å². The lowest BCUT2D eigenvalue weighted by atomic mass is 9.78. The Labute approximate surface area is 139 Å². The monoisotopic (exact) mass is 309 g/mol. The SMILES string of the molecule is Cc1ccc(NC2CCCCC2C(O)c2ccc(C)cc2)cc1. The number of aryl methyl sites for hydroxylation is 2. The van der Waals surface area contributed by atoms with Crippen LogP contribution in [0.2, 0.25) is 0 Å². The van der Waals surface area contributed by atoms with Gasteiger partial charge in [-0.2, -0.15) is 0 Å². The molecule has 122 valence electrons. The molecule has 0 spiro atoms. The van der Waals surface area contributed by atoms with E-state index in [0.717, 1.165) is 24.1 Å². The number of nitrogens with one attached hydrogen (secondary N) is 1. The van der Waals surface area contributed by atoms with E-state index in [1.807, 2.05) is 0 Å². The summed E-state index contributed by atoms with van der Waals surface area (Å²) in [7, 11) is 0. The molecule has 0 amide bonds. The van der Waals surface area contributed by atoms with Crippen LogP contribution in [0.25, 0.3) is 0 Å². The van der Waals surface area contributed by atoms with Gasteiger partial charge in [0.15, 0.2) is 0 Å². The number of hydrogen-bond acceptors (Lipinski definition) is 2. The van der Waals surface area contributed by atoms with E-state index in [0.29, 0.717) is 6.04 Å². The standard InChI is InChI=1S/C21H27NO/c1-15-7-11-17(12-8-15)21(23)19-5-3-4-6-20(19)22-18-13-9-16(2)10-14-18/h7-14,19-23H,3-6H2,1-2H3. The molecule has 23 heavy (non-hydrogen) atoms. The quantitative estimate of drug-likeness (QED) is 0.832. The van der Waals surface area contributed by atoms with Gasteiger partial charge in [0.25, 0.3) is 0 Å². The minimum atomic E-state index is -0.390. The minimum Gasteiger partial charge on any atom is -0.388 e. The molecule has 2 heteroatoms. The predicted molar refractivity (Wildman–Crippen MR) is 96.7 cm³/mol. The average molecular weight is 309 g/mol. The highest BCUT2D eigenvalue weighted by molar-refractivity contribution is 5.45. The van der Waals surface area contributed by atoms with E-state index in [4.69, 9.17) is 0 Å². The van der Waals surface area contributed by atoms with Crippen LogP contribution in [0, 0.1) is 19.8 Å². The molecule has 0 bridgehead atoms. The molecule has 2 aromatic rings. The number of aliphatic hydroxyl groups excluding tert-OH is 1. The average Bonchev–Trinajstić information content (AvgIpc) is 2.57. The van der Waals surface area contributed by atoms with Gasteiger partial charge in [0.05, 0.1) is 6.10 Å². The molecular formula is C21H27NO. The normalized spacial score (nSPS) is 22.6. The van der Waals surface area contributed by atoms with Crippen molar-refractivity contribution in [2.75, 3.05) is 5.32 Å². The maximum Gasteiger partial charge on any atom is 0.0837 e. The molecule has 1 fully saturated rings. The van der Waals surface area contributed by atoms with Crippen molar-refractivity contribution in [1.82, 2.24) is 0 Å². The van der Waals surface area contributed by atoms with Gasteiger partial charge in [-0.1, -0.05) is 60.4 Å². The Morgan fingerprint density at radius 1 is 0.870 bits per heavy atom. The van der Waals surface area contributed by atoms with E-state index in [1.165, 1.54) is 24.0 Å². The van der Waals surface area contributed by atoms with Crippen LogP contribution in [-0.2, 0) is 0 Å². The van der Waals surface area contributed by atoms with Crippen molar-refractivity contribution >= 4 is 5.69 Å². The van der Waals surface area contributed by atoms with Crippen LogP contribution < -0.4 is 5.32 Å². The molecule has 0 heterocycles. The molecule has 2 aromatic carbocycles. The number of hydrogen-bond donors (Lipinski definition) is 2. The first-order valence-electron chi connectivity index (χ1n) is 8.71. The second kappa shape index (κ2) is 7.18. The summed E-state index contributed by atoms with van der Waals surface area (Å²) in [5, 5.41) is 14.5. The summed E-state index contributed by atoms with van der Waals surface area (Å²) in [6, 6.07) is 17.2. The van der Waals surface area contributed by atoms with Gasteiger partial charge in [-0.15, -0.1) is 0 Å². The Bertz CT molecular complexity index is 617. The lowest BCUT2D eigenvalue weighted by Gasteiger charge is -2.36. The largest absolute Gasteiger partial charge is 0.388 e. The topological polar surface area (TPSA) is 32.3 Å². The second-order valence-electron chi connectivity index (χ2n) is 6.92. The number of rotatable bonds is 4. The smallest absolute Gasteiger partial charge is 0.0837 e. The van der Waals surface area contributed by atoms with E-state index >= 15 is 0 Å². The maximum absolute atomic E-state index is 10.9. The summed E-state index contributed by atoms with van der Waals surface area (Å²) in [5.74, 6) is 0.271. The van der Waals surface area contributed by atoms with Crippen molar-refractivity contribution in [3.63, 3.8) is 0 Å². The van der Waals surface area contributed by atoms with E-state index < -0.39 is 0 Å². The van der Waals surface area contributed by atoms with Gasteiger partial charge in [-0.05, 0) is 44.4 Å². The highest BCUT2D eigenvalue weighted by Crippen LogP contribution is 2.36. The fourth-order valence-electron chi connectivity index (χ4n) is 3.59. The summed E-state index contributed by atoms with van der Waals surface area (Å²) in [5.41, 5.74) is 4.70. The molecule has 2 N–H and O–H groups in total. The lowest BCUT2D eigenvalue weighted by Crippen LogP contribution is -2.36. The van der Waals surface area contributed by atoms with Crippen LogP contribution >= 0.6 is 0 Å². The molecule has 0 aliphatic heterocycles. The Morgan fingerprint density at radius 2 is 1.43 bits per heavy atom. The fourth-order valence-corrected chi connectivity index (χ4v) is 3.59. The molecule has 0 radical (unpaired) electrons. The Balaban J connectivity index is 1.75. The second-order valence-corrected chi connectivity index (χ2v) is 6.92. The zero-order valence-corrected chi connectivity index (χ0v) is 14.1. The molecule has 0 aromatic heterocycles. The van der Waals surface area contributed by atoms with Crippen LogP contribution in [0.4, 0.5) is 5.69 Å². The summed E-state index contributed by atoms with van der Waals surface area (Å²) in [6.45, 7) is 4.19. The molecule has 3 rings (SSSR count). The van der Waals surface area contributed by atoms with E-state index in [1.54, 1.807) is 0 Å². The van der Waals surface area contributed by atoms with Gasteiger partial charge in [0, 0.05) is 17.6 Å². The summed E-state index contributed by atoms with van der Waals surface area (Å²) < 4.78 is 0. The lowest BCUT2D eigenvalue weighted by molar-refractivity contribution is 0.0769. The number of aliphatic hydroxyl groups is 1. The zero-order chi connectivity index (χ0) is 16.2. The maximum atomic E-state index is 10.9. The molecule has 2 nitrogen and oxygen atoms in total. The summed E-state index contributed by atoms with van der Waals surface area (Å²) in [6.07, 6.45) is 4.26. The Hall–Kier alpha value is -1.80. The van der Waals surface area contributed by atoms with Crippen molar-refractivity contribution in [2.24, 2.45) is 5.92 Å². The van der Waals surface area contributed by atoms with Crippen LogP contribution in [-0.4, -0.2) is 11.1 Å². The van der Waals surface area contributed by atoms with Gasteiger partial charge >= 0.3 is 0 Å². The number of anilines is 1. The van der Waals surface area contributed by atoms with E-state index in [-0.39, 0.29) is 12.0 Å². The van der Waals surface area contributed by atoms with Crippen molar-refractivity contribution < 1.29 is 5.11 Å². The Morgan fingerprint density at radius 3 is 2.09 bits per heavy atom. The fraction of sp³-hybridized carbons (Fsp3) is 0.429. The third-order valence-corrected chi connectivity index (χ3v) is 5.05. The molecule has 1 aliphatic carbocycles. The molecule has 3 unspecified atom stereocenters. The van der Waals surface area contributed by atoms with Crippen molar-refractivity contribution in [1.29, 1.82) is 0 Å². The van der Waals surface area contributed by atoms with Crippen molar-refractivity contribution in [3.8, 4) is 0 Å². The molecule has 3 atom stereocenters. The van der Waals surface area contributed by atoms with Gasteiger partial charge < -0.3 is 10.4 Å². The summed E-state index contributed by atoms with van der Waals surface area (Å²) in [4.78, 5) is 0. The minimum absolute atomic E-state index is 0.271. The molecular weight excluding hydrogens is 282 g/mol. The first-order chi connectivity index (χ1) is 11.1. The van der Waals surface area contributed by atoms with Crippen LogP contribution in [0.5, 0.6) is 0 Å². The van der Waals surface area contributed by atoms with Crippen LogP contribution in [0.3, 0.4) is 0 Å². The highest BCUT2D eigenvalue weighted by atomic mass is 16.3. The molecule has 1 aliphatic rings. The third-order valence-electron chi connectivity index (χ3n) is 5.05. The van der Waals surface area contributed by atoms with Gasteiger partial charge in [-0.3, -0.25) is 0 Å². The third kappa shape index (κ3) is 3.94. The highest BCUT2D eigenvalue weighted by Gasteiger charge is 2.31. The molecule has 1 saturated carbocycles. The van der Waals surface area contributed by atoms with Crippen LogP contribution in [0.1, 0.15) is 48.5 Å². The van der Waals surface area contributed by atoms with Crippen molar-refractivity contribution in [2.45, 2.75) is 51.7 Å².